The van der Waals surface area contributed by atoms with Crippen LogP contribution in [0.1, 0.15) is 5.56 Å². The van der Waals surface area contributed by atoms with Crippen LogP contribution in [-0.4, -0.2) is 24.4 Å². The Balaban J connectivity index is 2.84. The molecular formula is C10H11ClF3NO2. The van der Waals surface area contributed by atoms with Gasteiger partial charge in [-0.2, -0.15) is 13.2 Å². The van der Waals surface area contributed by atoms with Crippen LogP contribution in [0.2, 0.25) is 5.02 Å². The van der Waals surface area contributed by atoms with Crippen LogP contribution in [0, 0.1) is 0 Å². The largest absolute Gasteiger partial charge is 0.489 e. The van der Waals surface area contributed by atoms with Gasteiger partial charge in [-0.05, 0) is 18.2 Å². The van der Waals surface area contributed by atoms with Gasteiger partial charge in [-0.15, -0.1) is 0 Å². The molecule has 0 spiro atoms. The Hall–Kier alpha value is -0.980. The normalized spacial score (nSPS) is 13.5. The number of benzene rings is 1. The van der Waals surface area contributed by atoms with Crippen LogP contribution in [0.5, 0.6) is 5.75 Å². The minimum Gasteiger partial charge on any atom is -0.489 e. The predicted octanol–water partition coefficient (Wildman–Crippen LogP) is 2.06. The van der Waals surface area contributed by atoms with E-state index in [1.54, 1.807) is 0 Å². The molecule has 0 aliphatic heterocycles. The number of hydrogen-bond acceptors (Lipinski definition) is 3. The maximum Gasteiger partial charge on any atom is 0.416 e. The van der Waals surface area contributed by atoms with Crippen molar-refractivity contribution in [2.75, 3.05) is 13.2 Å². The minimum absolute atomic E-state index is 0.0437. The molecule has 1 aromatic carbocycles. The van der Waals surface area contributed by atoms with Gasteiger partial charge in [-0.3, -0.25) is 0 Å². The second-order valence-corrected chi connectivity index (χ2v) is 3.75. The zero-order chi connectivity index (χ0) is 13.1. The van der Waals surface area contributed by atoms with Crippen LogP contribution in [0.3, 0.4) is 0 Å². The summed E-state index contributed by atoms with van der Waals surface area (Å²) >= 11 is 5.67. The smallest absolute Gasteiger partial charge is 0.416 e. The molecule has 1 aromatic rings. The maximum absolute atomic E-state index is 12.4. The first kappa shape index (κ1) is 14.1. The summed E-state index contributed by atoms with van der Waals surface area (Å²) in [7, 11) is 0. The van der Waals surface area contributed by atoms with E-state index in [0.29, 0.717) is 0 Å². The van der Waals surface area contributed by atoms with Gasteiger partial charge in [0.1, 0.15) is 18.5 Å². The van der Waals surface area contributed by atoms with Crippen LogP contribution >= 0.6 is 11.6 Å². The van der Waals surface area contributed by atoms with Gasteiger partial charge in [0.15, 0.2) is 0 Å². The van der Waals surface area contributed by atoms with Crippen molar-refractivity contribution in [1.29, 1.82) is 0 Å². The first-order valence-corrected chi connectivity index (χ1v) is 5.10. The Morgan fingerprint density at radius 3 is 2.59 bits per heavy atom. The summed E-state index contributed by atoms with van der Waals surface area (Å²) in [5.41, 5.74) is 4.27. The van der Waals surface area contributed by atoms with E-state index in [1.165, 1.54) is 0 Å². The second kappa shape index (κ2) is 5.57. The number of nitrogens with two attached hydrogens (primary N) is 1. The van der Waals surface area contributed by atoms with E-state index in [1.807, 2.05) is 0 Å². The lowest BCUT2D eigenvalue weighted by Gasteiger charge is -2.13. The first-order valence-electron chi connectivity index (χ1n) is 4.72. The summed E-state index contributed by atoms with van der Waals surface area (Å²) < 4.78 is 42.2. The van der Waals surface area contributed by atoms with Gasteiger partial charge in [-0.25, -0.2) is 0 Å². The van der Waals surface area contributed by atoms with Crippen molar-refractivity contribution in [2.24, 2.45) is 5.73 Å². The Labute approximate surface area is 101 Å². The monoisotopic (exact) mass is 269 g/mol. The number of aliphatic hydroxyl groups excluding tert-OH is 1. The Morgan fingerprint density at radius 1 is 1.41 bits per heavy atom. The zero-order valence-electron chi connectivity index (χ0n) is 8.67. The topological polar surface area (TPSA) is 55.5 Å². The Morgan fingerprint density at radius 2 is 2.06 bits per heavy atom. The van der Waals surface area contributed by atoms with Crippen molar-refractivity contribution in [2.45, 2.75) is 12.3 Å². The average molecular weight is 270 g/mol. The van der Waals surface area contributed by atoms with Gasteiger partial charge in [0, 0.05) is 6.54 Å². The molecule has 0 saturated carbocycles. The molecule has 0 radical (unpaired) electrons. The molecule has 3 N–H and O–H groups in total. The van der Waals surface area contributed by atoms with Crippen molar-refractivity contribution in [1.82, 2.24) is 0 Å². The van der Waals surface area contributed by atoms with Crippen molar-refractivity contribution in [3.8, 4) is 5.75 Å². The fourth-order valence-corrected chi connectivity index (χ4v) is 1.22. The number of ether oxygens (including phenoxy) is 1. The van der Waals surface area contributed by atoms with Gasteiger partial charge >= 0.3 is 6.18 Å². The zero-order valence-corrected chi connectivity index (χ0v) is 9.42. The van der Waals surface area contributed by atoms with E-state index >= 15 is 0 Å². The van der Waals surface area contributed by atoms with Gasteiger partial charge in [0.2, 0.25) is 0 Å². The Bertz CT molecular complexity index is 384. The van der Waals surface area contributed by atoms with Crippen LogP contribution in [-0.2, 0) is 6.18 Å². The summed E-state index contributed by atoms with van der Waals surface area (Å²) in [4.78, 5) is 0. The molecule has 0 amide bonds. The van der Waals surface area contributed by atoms with E-state index in [0.717, 1.165) is 18.2 Å². The van der Waals surface area contributed by atoms with Crippen LogP contribution < -0.4 is 10.5 Å². The van der Waals surface area contributed by atoms with Crippen molar-refractivity contribution < 1.29 is 23.0 Å². The fraction of sp³-hybridized carbons (Fsp3) is 0.400. The lowest BCUT2D eigenvalue weighted by molar-refractivity contribution is -0.137. The first-order chi connectivity index (χ1) is 7.84. The van der Waals surface area contributed by atoms with E-state index in [9.17, 15) is 13.2 Å². The van der Waals surface area contributed by atoms with Crippen LogP contribution in [0.4, 0.5) is 13.2 Å². The van der Waals surface area contributed by atoms with Gasteiger partial charge in [0.25, 0.3) is 0 Å². The average Bonchev–Trinajstić information content (AvgIpc) is 2.26. The highest BCUT2D eigenvalue weighted by Crippen LogP contribution is 2.34. The highest BCUT2D eigenvalue weighted by molar-refractivity contribution is 6.32. The molecule has 1 rings (SSSR count). The number of alkyl halides is 3. The third-order valence-corrected chi connectivity index (χ3v) is 2.27. The highest BCUT2D eigenvalue weighted by atomic mass is 35.5. The highest BCUT2D eigenvalue weighted by Gasteiger charge is 2.31. The van der Waals surface area contributed by atoms with Crippen molar-refractivity contribution >= 4 is 11.6 Å². The molecule has 0 fully saturated rings. The Kier molecular flexibility index (Phi) is 4.62. The van der Waals surface area contributed by atoms with E-state index < -0.39 is 17.8 Å². The molecule has 0 aliphatic rings. The molecule has 7 heteroatoms. The van der Waals surface area contributed by atoms with Gasteiger partial charge in [-0.1, -0.05) is 11.6 Å². The van der Waals surface area contributed by atoms with Crippen LogP contribution in [0.25, 0.3) is 0 Å². The predicted molar refractivity (Wildman–Crippen MR) is 57.0 cm³/mol. The summed E-state index contributed by atoms with van der Waals surface area (Å²) in [6.07, 6.45) is -5.41. The molecule has 1 unspecified atom stereocenters. The van der Waals surface area contributed by atoms with Gasteiger partial charge < -0.3 is 15.6 Å². The number of halogens is 4. The lowest BCUT2D eigenvalue weighted by atomic mass is 10.2. The maximum atomic E-state index is 12.4. The van der Waals surface area contributed by atoms with E-state index in [2.05, 4.69) is 0 Å². The molecule has 17 heavy (non-hydrogen) atoms. The lowest BCUT2D eigenvalue weighted by Crippen LogP contribution is -2.26. The number of rotatable bonds is 4. The molecule has 0 bridgehead atoms. The van der Waals surface area contributed by atoms with E-state index in [4.69, 9.17) is 27.2 Å². The molecule has 0 aromatic heterocycles. The standard InChI is InChI=1S/C10H11ClF3NO2/c11-8-2-1-6(10(12,13)14)3-9(8)17-5-7(16)4-15/h1-3,7,16H,4-5,15H2. The quantitative estimate of drug-likeness (QED) is 0.880. The molecule has 3 nitrogen and oxygen atoms in total. The summed E-state index contributed by atoms with van der Waals surface area (Å²) in [6.45, 7) is -0.256. The minimum atomic E-state index is -4.46. The molecule has 96 valence electrons. The summed E-state index contributed by atoms with van der Waals surface area (Å²) in [5.74, 6) is -0.131. The summed E-state index contributed by atoms with van der Waals surface area (Å²) in [6, 6.07) is 2.73. The molecule has 1 atom stereocenters. The number of aliphatic hydroxyl groups is 1. The van der Waals surface area contributed by atoms with Crippen molar-refractivity contribution in [3.63, 3.8) is 0 Å². The van der Waals surface area contributed by atoms with E-state index in [-0.39, 0.29) is 23.9 Å². The van der Waals surface area contributed by atoms with Crippen molar-refractivity contribution in [3.05, 3.63) is 28.8 Å². The molecular weight excluding hydrogens is 259 g/mol. The second-order valence-electron chi connectivity index (χ2n) is 3.34. The molecule has 0 heterocycles. The summed E-state index contributed by atoms with van der Waals surface area (Å²) in [5, 5.41) is 9.17. The third-order valence-electron chi connectivity index (χ3n) is 1.96. The number of hydrogen-bond donors (Lipinski definition) is 2. The fourth-order valence-electron chi connectivity index (χ4n) is 1.04. The molecule has 0 aliphatic carbocycles. The van der Waals surface area contributed by atoms with Gasteiger partial charge in [0.05, 0.1) is 10.6 Å². The van der Waals surface area contributed by atoms with Crippen LogP contribution in [0.15, 0.2) is 18.2 Å². The third kappa shape index (κ3) is 4.07. The SMILES string of the molecule is NCC(O)COc1cc(C(F)(F)F)ccc1Cl. The molecule has 0 saturated heterocycles.